The van der Waals surface area contributed by atoms with Gasteiger partial charge in [0, 0.05) is 29.9 Å². The molecule has 0 aromatic heterocycles. The zero-order chi connectivity index (χ0) is 28.2. The SMILES string of the molecule is CC(=O)c1cccc(NC(=O)COC(=O)[C@H]2CC(=O)N(c3ccc(Oc4ccc(C(C)(C)C)cc4)cc3)C2)c1. The van der Waals surface area contributed by atoms with Gasteiger partial charge in [-0.05, 0) is 66.4 Å². The summed E-state index contributed by atoms with van der Waals surface area (Å²) in [6.07, 6.45) is -0.000510. The van der Waals surface area contributed by atoms with Gasteiger partial charge in [0.15, 0.2) is 12.4 Å². The number of rotatable bonds is 8. The Morgan fingerprint density at radius 3 is 2.21 bits per heavy atom. The van der Waals surface area contributed by atoms with Crippen molar-refractivity contribution in [2.75, 3.05) is 23.4 Å². The summed E-state index contributed by atoms with van der Waals surface area (Å²) < 4.78 is 11.1. The van der Waals surface area contributed by atoms with Crippen LogP contribution in [0, 0.1) is 5.92 Å². The lowest BCUT2D eigenvalue weighted by Crippen LogP contribution is -2.28. The second kappa shape index (κ2) is 11.5. The van der Waals surface area contributed by atoms with E-state index in [9.17, 15) is 19.2 Å². The first-order valence-corrected chi connectivity index (χ1v) is 12.8. The molecule has 3 aromatic carbocycles. The van der Waals surface area contributed by atoms with Crippen molar-refractivity contribution in [2.45, 2.75) is 39.5 Å². The fourth-order valence-electron chi connectivity index (χ4n) is 4.24. The van der Waals surface area contributed by atoms with Crippen LogP contribution in [-0.2, 0) is 24.5 Å². The maximum absolute atomic E-state index is 12.6. The molecule has 0 radical (unpaired) electrons. The molecule has 1 saturated heterocycles. The Morgan fingerprint density at radius 2 is 1.59 bits per heavy atom. The molecule has 0 unspecified atom stereocenters. The van der Waals surface area contributed by atoms with Gasteiger partial charge in [0.25, 0.3) is 5.91 Å². The lowest BCUT2D eigenvalue weighted by Gasteiger charge is -2.19. The number of nitrogens with one attached hydrogen (secondary N) is 1. The number of esters is 1. The minimum atomic E-state index is -0.677. The number of anilines is 2. The summed E-state index contributed by atoms with van der Waals surface area (Å²) in [4.78, 5) is 50.5. The summed E-state index contributed by atoms with van der Waals surface area (Å²) in [6, 6.07) is 21.5. The Morgan fingerprint density at radius 1 is 0.949 bits per heavy atom. The van der Waals surface area contributed by atoms with Crippen molar-refractivity contribution in [1.29, 1.82) is 0 Å². The number of amides is 2. The van der Waals surface area contributed by atoms with Crippen LogP contribution >= 0.6 is 0 Å². The molecule has 202 valence electrons. The van der Waals surface area contributed by atoms with Crippen molar-refractivity contribution in [2.24, 2.45) is 5.92 Å². The van der Waals surface area contributed by atoms with Crippen LogP contribution in [0.5, 0.6) is 11.5 Å². The van der Waals surface area contributed by atoms with Gasteiger partial charge in [-0.1, -0.05) is 45.0 Å². The van der Waals surface area contributed by atoms with E-state index in [0.29, 0.717) is 28.4 Å². The van der Waals surface area contributed by atoms with Crippen LogP contribution in [0.3, 0.4) is 0 Å². The fraction of sp³-hybridized carbons (Fsp3) is 0.290. The normalized spacial score (nSPS) is 15.1. The maximum Gasteiger partial charge on any atom is 0.311 e. The van der Waals surface area contributed by atoms with E-state index in [-0.39, 0.29) is 30.1 Å². The monoisotopic (exact) mass is 528 g/mol. The van der Waals surface area contributed by atoms with Gasteiger partial charge in [0.1, 0.15) is 11.5 Å². The highest BCUT2D eigenvalue weighted by molar-refractivity contribution is 6.00. The molecule has 2 amide bonds. The first-order valence-electron chi connectivity index (χ1n) is 12.8. The number of hydrogen-bond donors (Lipinski definition) is 1. The topological polar surface area (TPSA) is 102 Å². The molecular formula is C31H32N2O6. The standard InChI is InChI=1S/C31H32N2O6/c1-20(34)21-6-5-7-24(16-21)32-28(35)19-38-30(37)22-17-29(36)33(18-22)25-10-14-27(15-11-25)39-26-12-8-23(9-13-26)31(2,3)4/h5-16,22H,17-19H2,1-4H3,(H,32,35)/t22-/m0/s1. The quantitative estimate of drug-likeness (QED) is 0.305. The number of ketones is 1. The summed E-state index contributed by atoms with van der Waals surface area (Å²) in [5, 5.41) is 2.60. The molecule has 0 aliphatic carbocycles. The van der Waals surface area contributed by atoms with E-state index in [1.54, 1.807) is 48.5 Å². The van der Waals surface area contributed by atoms with Crippen molar-refractivity contribution in [3.05, 3.63) is 83.9 Å². The Labute approximate surface area is 227 Å². The lowest BCUT2D eigenvalue weighted by atomic mass is 9.87. The van der Waals surface area contributed by atoms with E-state index >= 15 is 0 Å². The van der Waals surface area contributed by atoms with Crippen LogP contribution in [0.1, 0.15) is 50.0 Å². The molecule has 0 bridgehead atoms. The van der Waals surface area contributed by atoms with E-state index < -0.39 is 24.4 Å². The second-order valence-corrected chi connectivity index (χ2v) is 10.6. The lowest BCUT2D eigenvalue weighted by molar-refractivity contribution is -0.151. The highest BCUT2D eigenvalue weighted by Gasteiger charge is 2.36. The number of Topliss-reactive ketones (excluding diaryl/α,β-unsaturated/α-hetero) is 1. The van der Waals surface area contributed by atoms with Gasteiger partial charge in [-0.25, -0.2) is 0 Å². The van der Waals surface area contributed by atoms with Crippen LogP contribution in [0.25, 0.3) is 0 Å². The average molecular weight is 529 g/mol. The number of ether oxygens (including phenoxy) is 2. The van der Waals surface area contributed by atoms with Crippen molar-refractivity contribution in [3.8, 4) is 11.5 Å². The molecule has 8 heteroatoms. The third-order valence-electron chi connectivity index (χ3n) is 6.46. The van der Waals surface area contributed by atoms with Gasteiger partial charge in [-0.2, -0.15) is 0 Å². The molecule has 39 heavy (non-hydrogen) atoms. The van der Waals surface area contributed by atoms with Crippen molar-refractivity contribution in [3.63, 3.8) is 0 Å². The van der Waals surface area contributed by atoms with Crippen LogP contribution in [0.15, 0.2) is 72.8 Å². The number of nitrogens with zero attached hydrogens (tertiary/aromatic N) is 1. The van der Waals surface area contributed by atoms with Crippen molar-refractivity contribution < 1.29 is 28.7 Å². The van der Waals surface area contributed by atoms with E-state index in [0.717, 1.165) is 0 Å². The molecule has 0 saturated carbocycles. The molecule has 0 spiro atoms. The first-order chi connectivity index (χ1) is 18.5. The molecule has 1 fully saturated rings. The molecule has 4 rings (SSSR count). The molecule has 1 aliphatic heterocycles. The predicted molar refractivity (Wildman–Crippen MR) is 148 cm³/mol. The van der Waals surface area contributed by atoms with Gasteiger partial charge >= 0.3 is 5.97 Å². The Hall–Kier alpha value is -4.46. The number of benzene rings is 3. The van der Waals surface area contributed by atoms with Gasteiger partial charge < -0.3 is 19.7 Å². The highest BCUT2D eigenvalue weighted by Crippen LogP contribution is 2.30. The summed E-state index contributed by atoms with van der Waals surface area (Å²) in [5.41, 5.74) is 2.81. The van der Waals surface area contributed by atoms with Gasteiger partial charge in [-0.3, -0.25) is 19.2 Å². The molecule has 1 atom stereocenters. The van der Waals surface area contributed by atoms with E-state index in [1.807, 2.05) is 24.3 Å². The summed E-state index contributed by atoms with van der Waals surface area (Å²) >= 11 is 0. The number of hydrogen-bond acceptors (Lipinski definition) is 6. The predicted octanol–water partition coefficient (Wildman–Crippen LogP) is 5.51. The Bertz CT molecular complexity index is 1370. The fourth-order valence-corrected chi connectivity index (χ4v) is 4.24. The Balaban J connectivity index is 1.29. The van der Waals surface area contributed by atoms with Crippen LogP contribution < -0.4 is 15.0 Å². The largest absolute Gasteiger partial charge is 0.457 e. The summed E-state index contributed by atoms with van der Waals surface area (Å²) in [7, 11) is 0. The van der Waals surface area contributed by atoms with Crippen molar-refractivity contribution in [1.82, 2.24) is 0 Å². The smallest absolute Gasteiger partial charge is 0.311 e. The third kappa shape index (κ3) is 7.10. The second-order valence-electron chi connectivity index (χ2n) is 10.6. The minimum absolute atomic E-state index is 0.000510. The maximum atomic E-state index is 12.6. The van der Waals surface area contributed by atoms with E-state index in [4.69, 9.17) is 9.47 Å². The Kier molecular flexibility index (Phi) is 8.14. The third-order valence-corrected chi connectivity index (χ3v) is 6.46. The number of carbonyl (C=O) groups excluding carboxylic acids is 4. The van der Waals surface area contributed by atoms with Crippen molar-refractivity contribution >= 4 is 34.9 Å². The molecular weight excluding hydrogens is 496 g/mol. The summed E-state index contributed by atoms with van der Waals surface area (Å²) in [6.45, 7) is 7.57. The molecule has 3 aromatic rings. The summed E-state index contributed by atoms with van der Waals surface area (Å²) in [5.74, 6) is -0.805. The van der Waals surface area contributed by atoms with Crippen LogP contribution in [0.2, 0.25) is 0 Å². The first kappa shape index (κ1) is 27.6. The molecule has 1 heterocycles. The van der Waals surface area contributed by atoms with E-state index in [1.165, 1.54) is 17.4 Å². The van der Waals surface area contributed by atoms with Gasteiger partial charge in [-0.15, -0.1) is 0 Å². The number of carbonyl (C=O) groups is 4. The van der Waals surface area contributed by atoms with Gasteiger partial charge in [0.2, 0.25) is 5.91 Å². The zero-order valence-corrected chi connectivity index (χ0v) is 22.5. The van der Waals surface area contributed by atoms with E-state index in [2.05, 4.69) is 26.1 Å². The minimum Gasteiger partial charge on any atom is -0.457 e. The molecule has 1 aliphatic rings. The van der Waals surface area contributed by atoms with Crippen LogP contribution in [-0.4, -0.2) is 36.7 Å². The average Bonchev–Trinajstić information content (AvgIpc) is 3.29. The molecule has 8 nitrogen and oxygen atoms in total. The molecule has 1 N–H and O–H groups in total. The van der Waals surface area contributed by atoms with Gasteiger partial charge in [0.05, 0.1) is 5.92 Å². The highest BCUT2D eigenvalue weighted by atomic mass is 16.5. The van der Waals surface area contributed by atoms with Crippen LogP contribution in [0.4, 0.5) is 11.4 Å². The zero-order valence-electron chi connectivity index (χ0n) is 22.5.